The Morgan fingerprint density at radius 1 is 1.50 bits per heavy atom. The van der Waals surface area contributed by atoms with Gasteiger partial charge in [-0.25, -0.2) is 0 Å². The zero-order valence-electron chi connectivity index (χ0n) is 9.20. The Kier molecular flexibility index (Phi) is 4.54. The lowest BCUT2D eigenvalue weighted by atomic mass is 9.81. The van der Waals surface area contributed by atoms with Crippen molar-refractivity contribution in [2.24, 2.45) is 5.41 Å². The van der Waals surface area contributed by atoms with Gasteiger partial charge in [-0.2, -0.15) is 0 Å². The van der Waals surface area contributed by atoms with Crippen LogP contribution >= 0.6 is 0 Å². The fraction of sp³-hybridized carbons (Fsp3) is 0.818. The minimum Gasteiger partial charge on any atom is -0.317 e. The van der Waals surface area contributed by atoms with Crippen LogP contribution in [0.25, 0.3) is 0 Å². The van der Waals surface area contributed by atoms with Gasteiger partial charge in [0.2, 0.25) is 0 Å². The highest BCUT2D eigenvalue weighted by atomic mass is 14.9. The molecule has 1 nitrogen and oxygen atoms in total. The summed E-state index contributed by atoms with van der Waals surface area (Å²) in [7, 11) is 2.02. The summed E-state index contributed by atoms with van der Waals surface area (Å²) in [6.07, 6.45) is 2.33. The van der Waals surface area contributed by atoms with Crippen molar-refractivity contribution in [1.82, 2.24) is 5.32 Å². The van der Waals surface area contributed by atoms with Crippen molar-refractivity contribution in [2.75, 3.05) is 7.05 Å². The standard InChI is InChI=1S/C11H23N/c1-9(2)7-11(4,5)8-10(3)12-6/h10,12H,1,7-8H2,2-6H3. The minimum absolute atomic E-state index is 0.383. The molecule has 1 heteroatoms. The van der Waals surface area contributed by atoms with E-state index in [-0.39, 0.29) is 0 Å². The predicted molar refractivity (Wildman–Crippen MR) is 56.4 cm³/mol. The molecule has 1 N–H and O–H groups in total. The average Bonchev–Trinajstić information content (AvgIpc) is 1.83. The second-order valence-electron chi connectivity index (χ2n) is 4.69. The fourth-order valence-electron chi connectivity index (χ4n) is 1.82. The number of rotatable bonds is 5. The SMILES string of the molecule is C=C(C)CC(C)(C)CC(C)NC. The van der Waals surface area contributed by atoms with E-state index in [9.17, 15) is 0 Å². The van der Waals surface area contributed by atoms with Crippen LogP contribution in [-0.4, -0.2) is 13.1 Å². The highest BCUT2D eigenvalue weighted by Crippen LogP contribution is 2.29. The smallest absolute Gasteiger partial charge is 0.00409 e. The molecule has 72 valence electrons. The molecule has 0 saturated heterocycles. The Balaban J connectivity index is 3.94. The summed E-state index contributed by atoms with van der Waals surface area (Å²) in [4.78, 5) is 0. The molecule has 0 aliphatic carbocycles. The van der Waals surface area contributed by atoms with E-state index >= 15 is 0 Å². The average molecular weight is 169 g/mol. The summed E-state index contributed by atoms with van der Waals surface area (Å²) in [6.45, 7) is 12.9. The molecule has 0 aliphatic rings. The largest absolute Gasteiger partial charge is 0.317 e. The van der Waals surface area contributed by atoms with Gasteiger partial charge in [-0.3, -0.25) is 0 Å². The number of hydrogen-bond donors (Lipinski definition) is 1. The van der Waals surface area contributed by atoms with E-state index in [0.717, 1.165) is 6.42 Å². The van der Waals surface area contributed by atoms with Crippen LogP contribution in [0.4, 0.5) is 0 Å². The van der Waals surface area contributed by atoms with E-state index in [4.69, 9.17) is 0 Å². The van der Waals surface area contributed by atoms with Crippen molar-refractivity contribution in [1.29, 1.82) is 0 Å². The van der Waals surface area contributed by atoms with Crippen LogP contribution in [0.1, 0.15) is 40.5 Å². The van der Waals surface area contributed by atoms with Crippen LogP contribution in [0.2, 0.25) is 0 Å². The Bertz CT molecular complexity index is 147. The number of nitrogens with one attached hydrogen (secondary N) is 1. The summed E-state index contributed by atoms with van der Waals surface area (Å²) in [6, 6.07) is 0.597. The minimum atomic E-state index is 0.383. The summed E-state index contributed by atoms with van der Waals surface area (Å²) in [5.74, 6) is 0. The molecular formula is C11H23N. The molecule has 0 fully saturated rings. The molecule has 0 saturated carbocycles. The first kappa shape index (κ1) is 11.7. The Hall–Kier alpha value is -0.300. The maximum atomic E-state index is 3.95. The maximum absolute atomic E-state index is 3.95. The van der Waals surface area contributed by atoms with Gasteiger partial charge in [-0.15, -0.1) is 6.58 Å². The van der Waals surface area contributed by atoms with Crippen molar-refractivity contribution >= 4 is 0 Å². The van der Waals surface area contributed by atoms with E-state index in [1.807, 2.05) is 7.05 Å². The fourth-order valence-corrected chi connectivity index (χ4v) is 1.82. The first-order valence-corrected chi connectivity index (χ1v) is 4.69. The van der Waals surface area contributed by atoms with Gasteiger partial charge in [0.25, 0.3) is 0 Å². The van der Waals surface area contributed by atoms with E-state index in [0.29, 0.717) is 11.5 Å². The summed E-state index contributed by atoms with van der Waals surface area (Å²) >= 11 is 0. The Morgan fingerprint density at radius 3 is 2.33 bits per heavy atom. The van der Waals surface area contributed by atoms with Gasteiger partial charge in [-0.05, 0) is 39.2 Å². The second kappa shape index (κ2) is 4.66. The highest BCUT2D eigenvalue weighted by molar-refractivity contribution is 4.94. The van der Waals surface area contributed by atoms with Crippen molar-refractivity contribution < 1.29 is 0 Å². The molecule has 0 aromatic carbocycles. The summed E-state index contributed by atoms with van der Waals surface area (Å²) < 4.78 is 0. The maximum Gasteiger partial charge on any atom is 0.00409 e. The molecule has 0 radical (unpaired) electrons. The lowest BCUT2D eigenvalue weighted by molar-refractivity contribution is 0.293. The van der Waals surface area contributed by atoms with Gasteiger partial charge in [-0.1, -0.05) is 19.4 Å². The van der Waals surface area contributed by atoms with Crippen molar-refractivity contribution in [3.05, 3.63) is 12.2 Å². The monoisotopic (exact) mass is 169 g/mol. The molecule has 0 aromatic rings. The molecular weight excluding hydrogens is 146 g/mol. The Labute approximate surface area is 77.2 Å². The highest BCUT2D eigenvalue weighted by Gasteiger charge is 2.20. The van der Waals surface area contributed by atoms with Gasteiger partial charge in [0, 0.05) is 6.04 Å². The molecule has 1 unspecified atom stereocenters. The van der Waals surface area contributed by atoms with Gasteiger partial charge in [0.15, 0.2) is 0 Å². The number of allylic oxidation sites excluding steroid dienone is 1. The van der Waals surface area contributed by atoms with E-state index in [1.165, 1.54) is 12.0 Å². The third kappa shape index (κ3) is 5.36. The zero-order valence-corrected chi connectivity index (χ0v) is 9.20. The van der Waals surface area contributed by atoms with Crippen molar-refractivity contribution in [3.63, 3.8) is 0 Å². The van der Waals surface area contributed by atoms with E-state index in [1.54, 1.807) is 0 Å². The molecule has 0 aliphatic heterocycles. The van der Waals surface area contributed by atoms with Crippen LogP contribution in [0, 0.1) is 5.41 Å². The summed E-state index contributed by atoms with van der Waals surface area (Å²) in [5, 5.41) is 3.26. The first-order chi connectivity index (χ1) is 5.37. The summed E-state index contributed by atoms with van der Waals surface area (Å²) in [5.41, 5.74) is 1.66. The lowest BCUT2D eigenvalue weighted by Crippen LogP contribution is -2.28. The third-order valence-corrected chi connectivity index (χ3v) is 2.13. The van der Waals surface area contributed by atoms with Crippen LogP contribution in [0.15, 0.2) is 12.2 Å². The molecule has 0 heterocycles. The molecule has 0 bridgehead atoms. The van der Waals surface area contributed by atoms with Crippen molar-refractivity contribution in [2.45, 2.75) is 46.6 Å². The van der Waals surface area contributed by atoms with E-state index < -0.39 is 0 Å². The molecule has 0 aromatic heterocycles. The molecule has 0 rings (SSSR count). The quantitative estimate of drug-likeness (QED) is 0.624. The molecule has 0 amide bonds. The van der Waals surface area contributed by atoms with Crippen LogP contribution in [0.3, 0.4) is 0 Å². The third-order valence-electron chi connectivity index (χ3n) is 2.13. The molecule has 12 heavy (non-hydrogen) atoms. The van der Waals surface area contributed by atoms with Crippen molar-refractivity contribution in [3.8, 4) is 0 Å². The van der Waals surface area contributed by atoms with Gasteiger partial charge < -0.3 is 5.32 Å². The normalized spacial score (nSPS) is 14.4. The zero-order chi connectivity index (χ0) is 9.78. The van der Waals surface area contributed by atoms with Crippen LogP contribution < -0.4 is 5.32 Å². The van der Waals surface area contributed by atoms with Gasteiger partial charge in [0.1, 0.15) is 0 Å². The Morgan fingerprint density at radius 2 is 2.00 bits per heavy atom. The second-order valence-corrected chi connectivity index (χ2v) is 4.69. The van der Waals surface area contributed by atoms with Crippen LogP contribution in [-0.2, 0) is 0 Å². The van der Waals surface area contributed by atoms with Crippen LogP contribution in [0.5, 0.6) is 0 Å². The predicted octanol–water partition coefficient (Wildman–Crippen LogP) is 2.98. The van der Waals surface area contributed by atoms with Gasteiger partial charge in [0.05, 0.1) is 0 Å². The molecule has 0 spiro atoms. The molecule has 1 atom stereocenters. The van der Waals surface area contributed by atoms with Gasteiger partial charge >= 0.3 is 0 Å². The van der Waals surface area contributed by atoms with E-state index in [2.05, 4.69) is 39.6 Å². The lowest BCUT2D eigenvalue weighted by Gasteiger charge is -2.28. The number of hydrogen-bond acceptors (Lipinski definition) is 1. The topological polar surface area (TPSA) is 12.0 Å². The first-order valence-electron chi connectivity index (χ1n) is 4.69.